The highest BCUT2D eigenvalue weighted by molar-refractivity contribution is 5.69. The molecule has 0 aliphatic rings. The zero-order chi connectivity index (χ0) is 19.3. The van der Waals surface area contributed by atoms with Crippen LogP contribution in [0.2, 0.25) is 0 Å². The predicted molar refractivity (Wildman–Crippen MR) is 85.5 cm³/mol. The fourth-order valence-corrected chi connectivity index (χ4v) is 1.94. The molecule has 0 atom stereocenters. The van der Waals surface area contributed by atoms with Gasteiger partial charge < -0.3 is 20.5 Å². The van der Waals surface area contributed by atoms with Gasteiger partial charge in [0, 0.05) is 12.6 Å². The van der Waals surface area contributed by atoms with Gasteiger partial charge in [0.15, 0.2) is 5.69 Å². The second-order valence-electron chi connectivity index (χ2n) is 4.88. The lowest BCUT2D eigenvalue weighted by Gasteiger charge is -2.13. The Morgan fingerprint density at radius 2 is 2.04 bits per heavy atom. The Morgan fingerprint density at radius 3 is 2.62 bits per heavy atom. The maximum Gasteiger partial charge on any atom is 0.433 e. The lowest BCUT2D eigenvalue weighted by molar-refractivity contribution is -0.384. The number of ether oxygens (including phenoxy) is 1. The number of rotatable bonds is 7. The quantitative estimate of drug-likeness (QED) is 0.500. The van der Waals surface area contributed by atoms with Crippen LogP contribution in [0.5, 0.6) is 5.75 Å². The van der Waals surface area contributed by atoms with E-state index in [0.29, 0.717) is 6.07 Å². The Kier molecular flexibility index (Phi) is 5.77. The van der Waals surface area contributed by atoms with E-state index in [-0.39, 0.29) is 36.4 Å². The summed E-state index contributed by atoms with van der Waals surface area (Å²) in [6.07, 6.45) is -4.75. The molecular weight excluding hydrogens is 359 g/mol. The van der Waals surface area contributed by atoms with Gasteiger partial charge in [-0.1, -0.05) is 0 Å². The summed E-state index contributed by atoms with van der Waals surface area (Å²) in [5.41, 5.74) is -1.72. The molecule has 0 bridgehead atoms. The summed E-state index contributed by atoms with van der Waals surface area (Å²) < 4.78 is 43.9. The van der Waals surface area contributed by atoms with E-state index in [2.05, 4.69) is 20.6 Å². The maximum atomic E-state index is 13.0. The average Bonchev–Trinajstić information content (AvgIpc) is 2.59. The topological polar surface area (TPSA) is 122 Å². The third kappa shape index (κ3) is 4.69. The van der Waals surface area contributed by atoms with Crippen molar-refractivity contribution in [2.24, 2.45) is 0 Å². The summed E-state index contributed by atoms with van der Waals surface area (Å²) in [5, 5.41) is 24.8. The van der Waals surface area contributed by atoms with E-state index >= 15 is 0 Å². The first-order chi connectivity index (χ1) is 12.2. The van der Waals surface area contributed by atoms with Gasteiger partial charge in [-0.2, -0.15) is 18.2 Å². The Bertz CT molecular complexity index is 801. The van der Waals surface area contributed by atoms with Gasteiger partial charge in [0.05, 0.1) is 24.7 Å². The molecule has 0 fully saturated rings. The van der Waals surface area contributed by atoms with Gasteiger partial charge >= 0.3 is 6.18 Å². The molecule has 0 unspecified atom stereocenters. The van der Waals surface area contributed by atoms with E-state index in [1.807, 2.05) is 0 Å². The summed E-state index contributed by atoms with van der Waals surface area (Å²) in [5.74, 6) is -0.472. The lowest BCUT2D eigenvalue weighted by atomic mass is 10.2. The molecule has 0 saturated heterocycles. The number of anilines is 3. The molecule has 2 aromatic rings. The fraction of sp³-hybridized carbons (Fsp3) is 0.286. The van der Waals surface area contributed by atoms with Crippen LogP contribution in [-0.4, -0.2) is 40.3 Å². The van der Waals surface area contributed by atoms with E-state index in [0.717, 1.165) is 6.07 Å². The number of hydrogen-bond acceptors (Lipinski definition) is 8. The highest BCUT2D eigenvalue weighted by atomic mass is 19.4. The van der Waals surface area contributed by atoms with Crippen molar-refractivity contribution in [3.63, 3.8) is 0 Å². The maximum absolute atomic E-state index is 13.0. The molecule has 9 nitrogen and oxygen atoms in total. The summed E-state index contributed by atoms with van der Waals surface area (Å²) >= 11 is 0. The first-order valence-electron chi connectivity index (χ1n) is 7.15. The SMILES string of the molecule is COc1ccc(Nc2cc(C(F)(F)F)nc(NCCO)n2)c([N+](=O)[O-])c1. The average molecular weight is 373 g/mol. The molecule has 1 aromatic carbocycles. The van der Waals surface area contributed by atoms with Crippen molar-refractivity contribution in [3.05, 3.63) is 40.1 Å². The van der Waals surface area contributed by atoms with Crippen molar-refractivity contribution >= 4 is 23.1 Å². The van der Waals surface area contributed by atoms with Crippen molar-refractivity contribution in [1.29, 1.82) is 0 Å². The lowest BCUT2D eigenvalue weighted by Crippen LogP contribution is -2.15. The van der Waals surface area contributed by atoms with Crippen LogP contribution in [0.25, 0.3) is 0 Å². The van der Waals surface area contributed by atoms with Crippen molar-refractivity contribution < 1.29 is 27.9 Å². The second kappa shape index (κ2) is 7.82. The minimum Gasteiger partial charge on any atom is -0.496 e. The Morgan fingerprint density at radius 1 is 1.31 bits per heavy atom. The molecule has 1 heterocycles. The number of methoxy groups -OCH3 is 1. The number of nitrogens with one attached hydrogen (secondary N) is 2. The van der Waals surface area contributed by atoms with E-state index < -0.39 is 22.5 Å². The number of aliphatic hydroxyl groups excluding tert-OH is 1. The van der Waals surface area contributed by atoms with Crippen LogP contribution in [0, 0.1) is 10.1 Å². The molecule has 2 rings (SSSR count). The van der Waals surface area contributed by atoms with Crippen LogP contribution in [0.1, 0.15) is 5.69 Å². The highest BCUT2D eigenvalue weighted by Crippen LogP contribution is 2.33. The standard InChI is InChI=1S/C14H14F3N5O4/c1-26-8-2-3-9(10(6-8)22(24)25)19-12-7-11(14(15,16)17)20-13(21-12)18-4-5-23/h2-3,6-7,23H,4-5H2,1H3,(H2,18,19,20,21). The summed E-state index contributed by atoms with van der Waals surface area (Å²) in [7, 11) is 1.32. The van der Waals surface area contributed by atoms with Gasteiger partial charge in [-0.05, 0) is 12.1 Å². The van der Waals surface area contributed by atoms with E-state index in [9.17, 15) is 23.3 Å². The second-order valence-corrected chi connectivity index (χ2v) is 4.88. The van der Waals surface area contributed by atoms with Crippen LogP contribution in [0.3, 0.4) is 0 Å². The van der Waals surface area contributed by atoms with E-state index in [1.165, 1.54) is 19.2 Å². The highest BCUT2D eigenvalue weighted by Gasteiger charge is 2.34. The number of nitro groups is 1. The Balaban J connectivity index is 2.43. The molecule has 0 aliphatic heterocycles. The first kappa shape index (κ1) is 19.2. The van der Waals surface area contributed by atoms with E-state index in [4.69, 9.17) is 9.84 Å². The van der Waals surface area contributed by atoms with Crippen LogP contribution in [0.15, 0.2) is 24.3 Å². The first-order valence-corrected chi connectivity index (χ1v) is 7.15. The van der Waals surface area contributed by atoms with Crippen molar-refractivity contribution in [1.82, 2.24) is 9.97 Å². The normalized spacial score (nSPS) is 11.1. The van der Waals surface area contributed by atoms with Crippen LogP contribution >= 0.6 is 0 Å². The molecule has 0 saturated carbocycles. The molecule has 12 heteroatoms. The van der Waals surface area contributed by atoms with Gasteiger partial charge in [-0.3, -0.25) is 10.1 Å². The monoisotopic (exact) mass is 373 g/mol. The van der Waals surface area contributed by atoms with Gasteiger partial charge in [0.1, 0.15) is 17.3 Å². The number of alkyl halides is 3. The molecule has 140 valence electrons. The van der Waals surface area contributed by atoms with Crippen LogP contribution < -0.4 is 15.4 Å². The predicted octanol–water partition coefficient (Wildman–Crippen LogP) is 2.56. The third-order valence-corrected chi connectivity index (χ3v) is 3.08. The number of aliphatic hydroxyl groups is 1. The molecule has 26 heavy (non-hydrogen) atoms. The molecule has 0 amide bonds. The number of hydrogen-bond donors (Lipinski definition) is 3. The van der Waals surface area contributed by atoms with Crippen LogP contribution in [0.4, 0.5) is 36.3 Å². The zero-order valence-electron chi connectivity index (χ0n) is 13.4. The fourth-order valence-electron chi connectivity index (χ4n) is 1.94. The number of nitro benzene ring substituents is 1. The number of halogens is 3. The minimum atomic E-state index is -4.75. The van der Waals surface area contributed by atoms with Gasteiger partial charge in [0.25, 0.3) is 5.69 Å². The van der Waals surface area contributed by atoms with Crippen molar-refractivity contribution in [2.45, 2.75) is 6.18 Å². The molecule has 0 aliphatic carbocycles. The zero-order valence-corrected chi connectivity index (χ0v) is 13.4. The Labute approximate surface area is 145 Å². The summed E-state index contributed by atoms with van der Waals surface area (Å²) in [6, 6.07) is 4.44. The number of aromatic nitrogens is 2. The number of nitrogens with zero attached hydrogens (tertiary/aromatic N) is 3. The van der Waals surface area contributed by atoms with Crippen LogP contribution in [-0.2, 0) is 6.18 Å². The van der Waals surface area contributed by atoms with Crippen molar-refractivity contribution in [3.8, 4) is 5.75 Å². The van der Waals surface area contributed by atoms with Crippen molar-refractivity contribution in [2.75, 3.05) is 30.9 Å². The minimum absolute atomic E-state index is 0.0660. The van der Waals surface area contributed by atoms with E-state index in [1.54, 1.807) is 0 Å². The third-order valence-electron chi connectivity index (χ3n) is 3.08. The van der Waals surface area contributed by atoms with Gasteiger partial charge in [-0.25, -0.2) is 4.98 Å². The number of benzene rings is 1. The Hall–Kier alpha value is -3.15. The molecule has 1 aromatic heterocycles. The smallest absolute Gasteiger partial charge is 0.433 e. The largest absolute Gasteiger partial charge is 0.496 e. The summed E-state index contributed by atoms with van der Waals surface area (Å²) in [6.45, 7) is -0.407. The summed E-state index contributed by atoms with van der Waals surface area (Å²) in [4.78, 5) is 17.6. The molecule has 3 N–H and O–H groups in total. The van der Waals surface area contributed by atoms with Gasteiger partial charge in [0.2, 0.25) is 5.95 Å². The molecular formula is C14H14F3N5O4. The molecule has 0 radical (unpaired) electrons. The van der Waals surface area contributed by atoms with Gasteiger partial charge in [-0.15, -0.1) is 0 Å². The molecule has 0 spiro atoms.